The first-order valence-corrected chi connectivity index (χ1v) is 12.2. The van der Waals surface area contributed by atoms with Crippen LogP contribution in [0.25, 0.3) is 17.2 Å². The van der Waals surface area contributed by atoms with E-state index in [1.165, 1.54) is 22.6 Å². The number of nitrogens with zero attached hydrogens (tertiary/aromatic N) is 8. The molecule has 2 aromatic heterocycles. The summed E-state index contributed by atoms with van der Waals surface area (Å²) >= 11 is 0. The number of para-hydroxylation sites is 1. The normalized spacial score (nSPS) is 18.9. The third-order valence-electron chi connectivity index (χ3n) is 7.23. The zero-order valence-electron chi connectivity index (χ0n) is 20.1. The Morgan fingerprint density at radius 1 is 0.794 bits per heavy atom. The average molecular weight is 457 g/mol. The topological polar surface area (TPSA) is 56.6 Å². The summed E-state index contributed by atoms with van der Waals surface area (Å²) in [6, 6.07) is 10.8. The molecule has 2 saturated heterocycles. The van der Waals surface area contributed by atoms with Crippen LogP contribution in [0.3, 0.4) is 0 Å². The minimum Gasteiger partial charge on any atom is -0.370 e. The second-order valence-corrected chi connectivity index (χ2v) is 9.56. The SMILES string of the molecule is Cc1cc2n(n1)CC(N1CCN(c3ccccc3-c3cnc(N4CCN(C)CC4)nc3)CC1)=C2. The number of allylic oxidation sites excluding steroid dienone is 1. The summed E-state index contributed by atoms with van der Waals surface area (Å²) in [6.07, 6.45) is 6.27. The molecule has 8 heteroatoms. The van der Waals surface area contributed by atoms with Crippen LogP contribution in [0.2, 0.25) is 0 Å². The highest BCUT2D eigenvalue weighted by Gasteiger charge is 2.25. The Morgan fingerprint density at radius 2 is 1.47 bits per heavy atom. The van der Waals surface area contributed by atoms with Crippen LogP contribution in [-0.2, 0) is 6.54 Å². The van der Waals surface area contributed by atoms with E-state index in [0.717, 1.165) is 76.1 Å². The molecule has 0 saturated carbocycles. The lowest BCUT2D eigenvalue weighted by Crippen LogP contribution is -2.46. The van der Waals surface area contributed by atoms with Crippen LogP contribution in [0.5, 0.6) is 0 Å². The minimum atomic E-state index is 0.836. The standard InChI is InChI=1S/C26H32N8/c1-20-15-22-16-23(19-34(22)29-20)31-11-13-32(14-12-31)25-6-4-3-5-24(25)21-17-27-26(28-18-21)33-9-7-30(2)8-10-33/h3-6,15-18H,7-14,19H2,1-2H3. The maximum atomic E-state index is 4.73. The number of aromatic nitrogens is 4. The van der Waals surface area contributed by atoms with E-state index in [9.17, 15) is 0 Å². The van der Waals surface area contributed by atoms with E-state index >= 15 is 0 Å². The second-order valence-electron chi connectivity index (χ2n) is 9.56. The molecule has 0 atom stereocenters. The maximum Gasteiger partial charge on any atom is 0.225 e. The van der Waals surface area contributed by atoms with Crippen molar-refractivity contribution < 1.29 is 0 Å². The van der Waals surface area contributed by atoms with Crippen molar-refractivity contribution in [2.75, 3.05) is 69.2 Å². The number of hydrogen-bond acceptors (Lipinski definition) is 7. The van der Waals surface area contributed by atoms with E-state index in [4.69, 9.17) is 9.97 Å². The first kappa shape index (κ1) is 21.2. The number of piperazine rings is 2. The number of benzene rings is 1. The Labute approximate surface area is 201 Å². The summed E-state index contributed by atoms with van der Waals surface area (Å²) in [5.74, 6) is 0.836. The fourth-order valence-electron chi connectivity index (χ4n) is 5.23. The van der Waals surface area contributed by atoms with Crippen LogP contribution in [0.4, 0.5) is 11.6 Å². The molecule has 0 aliphatic carbocycles. The molecular weight excluding hydrogens is 424 g/mol. The lowest BCUT2D eigenvalue weighted by Gasteiger charge is -2.38. The zero-order chi connectivity index (χ0) is 23.1. The van der Waals surface area contributed by atoms with Crippen molar-refractivity contribution >= 4 is 17.7 Å². The summed E-state index contributed by atoms with van der Waals surface area (Å²) in [6.45, 7) is 11.0. The molecular formula is C26H32N8. The number of hydrogen-bond donors (Lipinski definition) is 0. The van der Waals surface area contributed by atoms with Crippen LogP contribution in [0.1, 0.15) is 11.4 Å². The molecule has 5 heterocycles. The van der Waals surface area contributed by atoms with Crippen molar-refractivity contribution in [2.45, 2.75) is 13.5 Å². The van der Waals surface area contributed by atoms with Gasteiger partial charge in [-0.2, -0.15) is 5.10 Å². The quantitative estimate of drug-likeness (QED) is 0.598. The van der Waals surface area contributed by atoms with Gasteiger partial charge in [-0.3, -0.25) is 4.68 Å². The molecule has 0 unspecified atom stereocenters. The van der Waals surface area contributed by atoms with Crippen molar-refractivity contribution in [1.29, 1.82) is 0 Å². The zero-order valence-corrected chi connectivity index (χ0v) is 20.1. The van der Waals surface area contributed by atoms with Crippen molar-refractivity contribution in [2.24, 2.45) is 0 Å². The van der Waals surface area contributed by atoms with E-state index in [1.807, 2.05) is 12.4 Å². The molecule has 0 amide bonds. The smallest absolute Gasteiger partial charge is 0.225 e. The Hall–Kier alpha value is -3.39. The number of likely N-dealkylation sites (N-methyl/N-ethyl adjacent to an activating group) is 1. The summed E-state index contributed by atoms with van der Waals surface area (Å²) in [5.41, 5.74) is 7.24. The van der Waals surface area contributed by atoms with E-state index in [-0.39, 0.29) is 0 Å². The van der Waals surface area contributed by atoms with Crippen LogP contribution < -0.4 is 9.80 Å². The molecule has 3 aliphatic heterocycles. The van der Waals surface area contributed by atoms with Crippen LogP contribution in [0.15, 0.2) is 48.4 Å². The first-order chi connectivity index (χ1) is 16.6. The minimum absolute atomic E-state index is 0.836. The number of rotatable bonds is 4. The summed E-state index contributed by atoms with van der Waals surface area (Å²) in [7, 11) is 2.17. The van der Waals surface area contributed by atoms with Gasteiger partial charge < -0.3 is 19.6 Å². The molecule has 0 N–H and O–H groups in total. The van der Waals surface area contributed by atoms with Crippen molar-refractivity contribution in [3.8, 4) is 11.1 Å². The largest absolute Gasteiger partial charge is 0.370 e. The van der Waals surface area contributed by atoms with Gasteiger partial charge >= 0.3 is 0 Å². The van der Waals surface area contributed by atoms with Crippen molar-refractivity contribution in [3.05, 3.63) is 59.8 Å². The fraction of sp³-hybridized carbons (Fsp3) is 0.423. The fourth-order valence-corrected chi connectivity index (χ4v) is 5.23. The van der Waals surface area contributed by atoms with Gasteiger partial charge in [0.05, 0.1) is 17.9 Å². The Balaban J connectivity index is 1.14. The van der Waals surface area contributed by atoms with Crippen LogP contribution in [-0.4, -0.2) is 89.0 Å². The van der Waals surface area contributed by atoms with Crippen molar-refractivity contribution in [3.63, 3.8) is 0 Å². The predicted molar refractivity (Wildman–Crippen MR) is 136 cm³/mol. The van der Waals surface area contributed by atoms with Gasteiger partial charge in [-0.1, -0.05) is 18.2 Å². The number of anilines is 2. The maximum absolute atomic E-state index is 4.73. The number of aryl methyl sites for hydroxylation is 1. The third kappa shape index (κ3) is 4.03. The summed E-state index contributed by atoms with van der Waals surface area (Å²) < 4.78 is 2.11. The van der Waals surface area contributed by atoms with Crippen LogP contribution in [0, 0.1) is 6.92 Å². The lowest BCUT2D eigenvalue weighted by atomic mass is 10.1. The molecule has 34 heavy (non-hydrogen) atoms. The molecule has 2 fully saturated rings. The van der Waals surface area contributed by atoms with E-state index in [2.05, 4.69) is 79.8 Å². The Kier molecular flexibility index (Phi) is 5.45. The second kappa shape index (κ2) is 8.76. The monoisotopic (exact) mass is 456 g/mol. The average Bonchev–Trinajstić information content (AvgIpc) is 3.42. The van der Waals surface area contributed by atoms with Gasteiger partial charge in [-0.05, 0) is 32.2 Å². The molecule has 0 bridgehead atoms. The highest BCUT2D eigenvalue weighted by Crippen LogP contribution is 2.32. The van der Waals surface area contributed by atoms with Gasteiger partial charge in [0.1, 0.15) is 0 Å². The van der Waals surface area contributed by atoms with Gasteiger partial charge in [-0.15, -0.1) is 0 Å². The molecule has 6 rings (SSSR count). The summed E-state index contributed by atoms with van der Waals surface area (Å²) in [5, 5.41) is 4.59. The van der Waals surface area contributed by atoms with Crippen LogP contribution >= 0.6 is 0 Å². The third-order valence-corrected chi connectivity index (χ3v) is 7.23. The van der Waals surface area contributed by atoms with Gasteiger partial charge in [-0.25, -0.2) is 9.97 Å². The highest BCUT2D eigenvalue weighted by molar-refractivity contribution is 5.78. The first-order valence-electron chi connectivity index (χ1n) is 12.2. The Morgan fingerprint density at radius 3 is 2.21 bits per heavy atom. The molecule has 0 radical (unpaired) electrons. The summed E-state index contributed by atoms with van der Waals surface area (Å²) in [4.78, 5) is 19.1. The van der Waals surface area contributed by atoms with E-state index < -0.39 is 0 Å². The van der Waals surface area contributed by atoms with Gasteiger partial charge in [0, 0.05) is 87.3 Å². The van der Waals surface area contributed by atoms with E-state index in [0.29, 0.717) is 0 Å². The van der Waals surface area contributed by atoms with Gasteiger partial charge in [0.15, 0.2) is 0 Å². The molecule has 3 aliphatic rings. The van der Waals surface area contributed by atoms with Gasteiger partial charge in [0.25, 0.3) is 0 Å². The highest BCUT2D eigenvalue weighted by atomic mass is 15.3. The Bertz CT molecular complexity index is 1180. The van der Waals surface area contributed by atoms with Crippen molar-refractivity contribution in [1.82, 2.24) is 29.5 Å². The van der Waals surface area contributed by atoms with E-state index in [1.54, 1.807) is 0 Å². The lowest BCUT2D eigenvalue weighted by molar-refractivity contribution is 0.309. The molecule has 8 nitrogen and oxygen atoms in total. The number of fused-ring (bicyclic) bond motifs is 1. The molecule has 1 aromatic carbocycles. The molecule has 176 valence electrons. The molecule has 0 spiro atoms. The molecule has 3 aromatic rings. The van der Waals surface area contributed by atoms with Gasteiger partial charge in [0.2, 0.25) is 5.95 Å². The predicted octanol–water partition coefficient (Wildman–Crippen LogP) is 2.58.